The maximum atomic E-state index is 11.6. The van der Waals surface area contributed by atoms with Crippen LogP contribution in [-0.4, -0.2) is 34.7 Å². The van der Waals surface area contributed by atoms with Crippen molar-refractivity contribution in [2.75, 3.05) is 13.2 Å². The molecular weight excluding hydrogens is 206 g/mol. The molecule has 1 aromatic rings. The Bertz CT molecular complexity index is 318. The summed E-state index contributed by atoms with van der Waals surface area (Å²) in [6, 6.07) is 0. The summed E-state index contributed by atoms with van der Waals surface area (Å²) in [6.45, 7) is 2.29. The molecule has 0 bridgehead atoms. The number of aromatic nitrogens is 2. The standard InChI is InChI=1S/C11H17N3O2/c15-11(10-3-1-8-16-10)13-4-2-6-14-7-5-12-9-14/h5,7,9-10H,1-4,6,8H2,(H,13,15)/t10-/m0/s1. The van der Waals surface area contributed by atoms with Crippen LogP contribution in [0.15, 0.2) is 18.7 Å². The average Bonchev–Trinajstić information content (AvgIpc) is 2.96. The molecule has 0 spiro atoms. The Hall–Kier alpha value is -1.36. The zero-order chi connectivity index (χ0) is 11.2. The topological polar surface area (TPSA) is 56.2 Å². The third-order valence-electron chi connectivity index (χ3n) is 2.67. The molecule has 1 aromatic heterocycles. The van der Waals surface area contributed by atoms with Gasteiger partial charge in [0.25, 0.3) is 0 Å². The number of hydrogen-bond donors (Lipinski definition) is 1. The largest absolute Gasteiger partial charge is 0.368 e. The molecular formula is C11H17N3O2. The van der Waals surface area contributed by atoms with Crippen molar-refractivity contribution in [1.29, 1.82) is 0 Å². The van der Waals surface area contributed by atoms with Crippen LogP contribution in [0.3, 0.4) is 0 Å². The van der Waals surface area contributed by atoms with E-state index in [1.807, 2.05) is 10.8 Å². The van der Waals surface area contributed by atoms with Crippen LogP contribution >= 0.6 is 0 Å². The first kappa shape index (κ1) is 11.1. The highest BCUT2D eigenvalue weighted by Crippen LogP contribution is 2.11. The molecule has 1 fully saturated rings. The van der Waals surface area contributed by atoms with E-state index < -0.39 is 0 Å². The molecule has 1 amide bonds. The van der Waals surface area contributed by atoms with Gasteiger partial charge >= 0.3 is 0 Å². The first-order valence-electron chi connectivity index (χ1n) is 5.71. The van der Waals surface area contributed by atoms with E-state index in [4.69, 9.17) is 4.74 Å². The first-order chi connectivity index (χ1) is 7.86. The Balaban J connectivity index is 1.59. The summed E-state index contributed by atoms with van der Waals surface area (Å²) in [6.07, 6.45) is 8.00. The summed E-state index contributed by atoms with van der Waals surface area (Å²) in [5.74, 6) is 0.0307. The number of nitrogens with one attached hydrogen (secondary N) is 1. The van der Waals surface area contributed by atoms with E-state index in [1.54, 1.807) is 12.5 Å². The molecule has 88 valence electrons. The lowest BCUT2D eigenvalue weighted by molar-refractivity contribution is -0.130. The Morgan fingerprint density at radius 1 is 1.62 bits per heavy atom. The molecule has 2 rings (SSSR count). The second-order valence-corrected chi connectivity index (χ2v) is 3.95. The lowest BCUT2D eigenvalue weighted by atomic mass is 10.2. The van der Waals surface area contributed by atoms with E-state index in [-0.39, 0.29) is 12.0 Å². The van der Waals surface area contributed by atoms with Crippen LogP contribution in [0.2, 0.25) is 0 Å². The zero-order valence-electron chi connectivity index (χ0n) is 9.26. The number of amides is 1. The smallest absolute Gasteiger partial charge is 0.249 e. The van der Waals surface area contributed by atoms with Crippen molar-refractivity contribution in [2.24, 2.45) is 0 Å². The molecule has 16 heavy (non-hydrogen) atoms. The second kappa shape index (κ2) is 5.65. The summed E-state index contributed by atoms with van der Waals surface area (Å²) < 4.78 is 7.29. The van der Waals surface area contributed by atoms with Crippen molar-refractivity contribution < 1.29 is 9.53 Å². The van der Waals surface area contributed by atoms with Gasteiger partial charge < -0.3 is 14.6 Å². The molecule has 1 aliphatic rings. The highest BCUT2D eigenvalue weighted by molar-refractivity contribution is 5.80. The van der Waals surface area contributed by atoms with Gasteiger partial charge in [0.15, 0.2) is 0 Å². The van der Waals surface area contributed by atoms with Crippen LogP contribution in [0.5, 0.6) is 0 Å². The molecule has 0 aliphatic carbocycles. The van der Waals surface area contributed by atoms with Gasteiger partial charge in [-0.05, 0) is 19.3 Å². The van der Waals surface area contributed by atoms with Crippen molar-refractivity contribution in [2.45, 2.75) is 31.9 Å². The number of rotatable bonds is 5. The Morgan fingerprint density at radius 3 is 3.25 bits per heavy atom. The van der Waals surface area contributed by atoms with Gasteiger partial charge in [0, 0.05) is 32.1 Å². The van der Waals surface area contributed by atoms with E-state index >= 15 is 0 Å². The number of hydrogen-bond acceptors (Lipinski definition) is 3. The van der Waals surface area contributed by atoms with Gasteiger partial charge in [0.1, 0.15) is 6.10 Å². The molecule has 2 heterocycles. The molecule has 1 saturated heterocycles. The summed E-state index contributed by atoms with van der Waals surface area (Å²) in [5, 5.41) is 2.89. The minimum absolute atomic E-state index is 0.0307. The second-order valence-electron chi connectivity index (χ2n) is 3.95. The average molecular weight is 223 g/mol. The molecule has 1 atom stereocenters. The number of imidazole rings is 1. The predicted molar refractivity (Wildman–Crippen MR) is 58.8 cm³/mol. The molecule has 0 unspecified atom stereocenters. The van der Waals surface area contributed by atoms with E-state index in [1.165, 1.54) is 0 Å². The quantitative estimate of drug-likeness (QED) is 0.742. The number of carbonyl (C=O) groups excluding carboxylic acids is 1. The van der Waals surface area contributed by atoms with Gasteiger partial charge in [-0.1, -0.05) is 0 Å². The van der Waals surface area contributed by atoms with E-state index in [2.05, 4.69) is 10.3 Å². The minimum Gasteiger partial charge on any atom is -0.368 e. The number of aryl methyl sites for hydroxylation is 1. The van der Waals surface area contributed by atoms with Gasteiger partial charge in [-0.15, -0.1) is 0 Å². The summed E-state index contributed by atoms with van der Waals surface area (Å²) in [5.41, 5.74) is 0. The van der Waals surface area contributed by atoms with Crippen molar-refractivity contribution in [3.8, 4) is 0 Å². The monoisotopic (exact) mass is 223 g/mol. The fourth-order valence-electron chi connectivity index (χ4n) is 1.79. The molecule has 0 saturated carbocycles. The molecule has 0 radical (unpaired) electrons. The van der Waals surface area contributed by atoms with E-state index in [0.717, 1.165) is 25.8 Å². The van der Waals surface area contributed by atoms with Crippen molar-refractivity contribution in [3.63, 3.8) is 0 Å². The molecule has 0 aromatic carbocycles. The van der Waals surface area contributed by atoms with Crippen LogP contribution in [0.25, 0.3) is 0 Å². The van der Waals surface area contributed by atoms with Gasteiger partial charge in [-0.2, -0.15) is 0 Å². The fourth-order valence-corrected chi connectivity index (χ4v) is 1.79. The zero-order valence-corrected chi connectivity index (χ0v) is 9.26. The molecule has 1 N–H and O–H groups in total. The van der Waals surface area contributed by atoms with Crippen LogP contribution < -0.4 is 5.32 Å². The fraction of sp³-hybridized carbons (Fsp3) is 0.636. The minimum atomic E-state index is -0.215. The lowest BCUT2D eigenvalue weighted by Crippen LogP contribution is -2.34. The molecule has 5 heteroatoms. The van der Waals surface area contributed by atoms with Crippen LogP contribution in [-0.2, 0) is 16.1 Å². The van der Waals surface area contributed by atoms with E-state index in [9.17, 15) is 4.79 Å². The summed E-state index contributed by atoms with van der Waals surface area (Å²) in [7, 11) is 0. The Kier molecular flexibility index (Phi) is 3.93. The van der Waals surface area contributed by atoms with Crippen LogP contribution in [0, 0.1) is 0 Å². The van der Waals surface area contributed by atoms with Gasteiger partial charge in [-0.25, -0.2) is 4.98 Å². The van der Waals surface area contributed by atoms with Gasteiger partial charge in [-0.3, -0.25) is 4.79 Å². The highest BCUT2D eigenvalue weighted by atomic mass is 16.5. The van der Waals surface area contributed by atoms with Crippen molar-refractivity contribution in [1.82, 2.24) is 14.9 Å². The maximum absolute atomic E-state index is 11.6. The first-order valence-corrected chi connectivity index (χ1v) is 5.71. The lowest BCUT2D eigenvalue weighted by Gasteiger charge is -2.10. The van der Waals surface area contributed by atoms with E-state index in [0.29, 0.717) is 13.2 Å². The van der Waals surface area contributed by atoms with Gasteiger partial charge in [0.05, 0.1) is 6.33 Å². The Morgan fingerprint density at radius 2 is 2.56 bits per heavy atom. The highest BCUT2D eigenvalue weighted by Gasteiger charge is 2.22. The summed E-state index contributed by atoms with van der Waals surface area (Å²) in [4.78, 5) is 15.5. The van der Waals surface area contributed by atoms with Crippen LogP contribution in [0.4, 0.5) is 0 Å². The normalized spacial score (nSPS) is 19.9. The predicted octanol–water partition coefficient (Wildman–Crippen LogP) is 0.568. The van der Waals surface area contributed by atoms with Crippen molar-refractivity contribution in [3.05, 3.63) is 18.7 Å². The molecule has 1 aliphatic heterocycles. The summed E-state index contributed by atoms with van der Waals surface area (Å²) >= 11 is 0. The molecule has 5 nitrogen and oxygen atoms in total. The van der Waals surface area contributed by atoms with Crippen molar-refractivity contribution >= 4 is 5.91 Å². The van der Waals surface area contributed by atoms with Crippen LogP contribution in [0.1, 0.15) is 19.3 Å². The third kappa shape index (κ3) is 3.06. The number of nitrogens with zero attached hydrogens (tertiary/aromatic N) is 2. The van der Waals surface area contributed by atoms with Gasteiger partial charge in [0.2, 0.25) is 5.91 Å². The SMILES string of the molecule is O=C(NCCCn1ccnc1)[C@@H]1CCCO1. The maximum Gasteiger partial charge on any atom is 0.249 e. The third-order valence-corrected chi connectivity index (χ3v) is 2.67. The number of ether oxygens (including phenoxy) is 1. The number of carbonyl (C=O) groups is 1. The Labute approximate surface area is 94.8 Å².